The topological polar surface area (TPSA) is 65.4 Å². The predicted molar refractivity (Wildman–Crippen MR) is 89.8 cm³/mol. The number of carbonyl (C=O) groups excluding carboxylic acids is 1. The molecular formula is C18H23N3O3. The Morgan fingerprint density at radius 2 is 2.29 bits per heavy atom. The van der Waals surface area contributed by atoms with Gasteiger partial charge in [-0.2, -0.15) is 0 Å². The maximum Gasteiger partial charge on any atom is 0.246 e. The van der Waals surface area contributed by atoms with Crippen molar-refractivity contribution in [3.8, 4) is 5.69 Å². The second-order valence-corrected chi connectivity index (χ2v) is 5.88. The third-order valence-electron chi connectivity index (χ3n) is 4.06. The lowest BCUT2D eigenvalue weighted by molar-refractivity contribution is -0.128. The fourth-order valence-corrected chi connectivity index (χ4v) is 2.78. The highest BCUT2D eigenvalue weighted by molar-refractivity contribution is 5.77. The summed E-state index contributed by atoms with van der Waals surface area (Å²) in [6.07, 6.45) is 8.80. The molecule has 0 spiro atoms. The largest absolute Gasteiger partial charge is 0.376 e. The molecule has 1 aliphatic rings. The summed E-state index contributed by atoms with van der Waals surface area (Å²) in [5.74, 6) is -0.119. The Balaban J connectivity index is 1.45. The van der Waals surface area contributed by atoms with Crippen LogP contribution in [-0.4, -0.2) is 41.4 Å². The highest BCUT2D eigenvalue weighted by Gasteiger charge is 2.14. The highest BCUT2D eigenvalue weighted by atomic mass is 16.5. The molecule has 1 amide bonds. The third-order valence-corrected chi connectivity index (χ3v) is 4.06. The van der Waals surface area contributed by atoms with Crippen molar-refractivity contribution in [2.75, 3.05) is 19.8 Å². The normalized spacial score (nSPS) is 17.6. The molecule has 128 valence electrons. The third kappa shape index (κ3) is 4.66. The first-order valence-electron chi connectivity index (χ1n) is 8.35. The van der Waals surface area contributed by atoms with Gasteiger partial charge in [0.15, 0.2) is 0 Å². The van der Waals surface area contributed by atoms with Gasteiger partial charge in [-0.05, 0) is 30.9 Å². The monoisotopic (exact) mass is 329 g/mol. The predicted octanol–water partition coefficient (Wildman–Crippen LogP) is 2.07. The molecule has 1 aliphatic heterocycles. The van der Waals surface area contributed by atoms with Crippen LogP contribution >= 0.6 is 0 Å². The number of imidazole rings is 1. The molecule has 0 radical (unpaired) electrons. The number of nitrogens with zero attached hydrogens (tertiary/aromatic N) is 2. The van der Waals surface area contributed by atoms with Gasteiger partial charge in [0.25, 0.3) is 0 Å². The van der Waals surface area contributed by atoms with Gasteiger partial charge in [-0.1, -0.05) is 18.2 Å². The first kappa shape index (κ1) is 16.7. The molecule has 3 rings (SSSR count). The van der Waals surface area contributed by atoms with Gasteiger partial charge >= 0.3 is 0 Å². The van der Waals surface area contributed by atoms with Gasteiger partial charge in [0.2, 0.25) is 5.91 Å². The molecule has 1 atom stereocenters. The minimum Gasteiger partial charge on any atom is -0.376 e. The molecule has 1 aromatic heterocycles. The molecular weight excluding hydrogens is 306 g/mol. The lowest BCUT2D eigenvalue weighted by atomic mass is 10.1. The number of ether oxygens (including phenoxy) is 2. The van der Waals surface area contributed by atoms with Crippen LogP contribution in [-0.2, 0) is 20.8 Å². The van der Waals surface area contributed by atoms with Gasteiger partial charge in [-0.3, -0.25) is 4.79 Å². The van der Waals surface area contributed by atoms with Crippen molar-refractivity contribution in [3.05, 3.63) is 48.5 Å². The minimum absolute atomic E-state index is 0.0626. The van der Waals surface area contributed by atoms with Gasteiger partial charge in [0.1, 0.15) is 6.61 Å². The molecule has 0 bridgehead atoms. The number of aromatic nitrogens is 2. The van der Waals surface area contributed by atoms with Crippen molar-refractivity contribution >= 4 is 5.91 Å². The van der Waals surface area contributed by atoms with E-state index in [-0.39, 0.29) is 18.6 Å². The van der Waals surface area contributed by atoms with Crippen LogP contribution in [0.4, 0.5) is 0 Å². The van der Waals surface area contributed by atoms with Crippen LogP contribution in [0.1, 0.15) is 24.8 Å². The van der Waals surface area contributed by atoms with Crippen molar-refractivity contribution in [3.63, 3.8) is 0 Å². The van der Waals surface area contributed by atoms with E-state index in [4.69, 9.17) is 9.47 Å². The molecule has 1 N–H and O–H groups in total. The molecule has 0 saturated carbocycles. The maximum atomic E-state index is 12.0. The SMILES string of the molecule is O=C(COCC1CCCCO1)NCc1ccccc1-n1ccnc1. The number of hydrogen-bond acceptors (Lipinski definition) is 4. The van der Waals surface area contributed by atoms with Crippen molar-refractivity contribution < 1.29 is 14.3 Å². The fourth-order valence-electron chi connectivity index (χ4n) is 2.78. The summed E-state index contributed by atoms with van der Waals surface area (Å²) in [5, 5.41) is 2.90. The average Bonchev–Trinajstić information content (AvgIpc) is 3.16. The van der Waals surface area contributed by atoms with Crippen LogP contribution in [0.3, 0.4) is 0 Å². The zero-order valence-corrected chi connectivity index (χ0v) is 13.7. The van der Waals surface area contributed by atoms with Gasteiger partial charge < -0.3 is 19.4 Å². The molecule has 2 heterocycles. The maximum absolute atomic E-state index is 12.0. The second kappa shape index (κ2) is 8.61. The summed E-state index contributed by atoms with van der Waals surface area (Å²) in [4.78, 5) is 16.0. The Kier molecular flexibility index (Phi) is 5.98. The van der Waals surface area contributed by atoms with E-state index in [1.165, 1.54) is 6.42 Å². The molecule has 1 unspecified atom stereocenters. The first-order chi connectivity index (χ1) is 11.8. The summed E-state index contributed by atoms with van der Waals surface area (Å²) in [7, 11) is 0. The van der Waals surface area contributed by atoms with Crippen LogP contribution in [0.25, 0.3) is 5.69 Å². The number of benzene rings is 1. The number of nitrogens with one attached hydrogen (secondary N) is 1. The van der Waals surface area contributed by atoms with Gasteiger partial charge in [0, 0.05) is 25.5 Å². The first-order valence-corrected chi connectivity index (χ1v) is 8.35. The zero-order chi connectivity index (χ0) is 16.6. The summed E-state index contributed by atoms with van der Waals surface area (Å²) in [6.45, 7) is 1.80. The van der Waals surface area contributed by atoms with Crippen molar-refractivity contribution in [1.82, 2.24) is 14.9 Å². The van der Waals surface area contributed by atoms with E-state index in [1.807, 2.05) is 35.0 Å². The number of carbonyl (C=O) groups is 1. The van der Waals surface area contributed by atoms with E-state index in [1.54, 1.807) is 12.5 Å². The quantitative estimate of drug-likeness (QED) is 0.844. The van der Waals surface area contributed by atoms with Gasteiger partial charge in [-0.15, -0.1) is 0 Å². The molecule has 6 nitrogen and oxygen atoms in total. The Morgan fingerprint density at radius 3 is 3.08 bits per heavy atom. The molecule has 2 aromatic rings. The molecule has 0 aliphatic carbocycles. The van der Waals surface area contributed by atoms with Crippen molar-refractivity contribution in [2.24, 2.45) is 0 Å². The molecule has 1 fully saturated rings. The van der Waals surface area contributed by atoms with Gasteiger partial charge in [0.05, 0.1) is 24.7 Å². The smallest absolute Gasteiger partial charge is 0.246 e. The van der Waals surface area contributed by atoms with Crippen LogP contribution in [0.5, 0.6) is 0 Å². The zero-order valence-electron chi connectivity index (χ0n) is 13.7. The summed E-state index contributed by atoms with van der Waals surface area (Å²) in [6, 6.07) is 7.92. The van der Waals surface area contributed by atoms with E-state index < -0.39 is 0 Å². The van der Waals surface area contributed by atoms with Crippen molar-refractivity contribution in [2.45, 2.75) is 31.9 Å². The van der Waals surface area contributed by atoms with E-state index in [9.17, 15) is 4.79 Å². The van der Waals surface area contributed by atoms with E-state index in [0.717, 1.165) is 30.7 Å². The molecule has 24 heavy (non-hydrogen) atoms. The average molecular weight is 329 g/mol. The molecule has 6 heteroatoms. The standard InChI is InChI=1S/C18H23N3O3/c22-18(13-23-12-16-6-3-4-10-24-16)20-11-15-5-1-2-7-17(15)21-9-8-19-14-21/h1-2,5,7-9,14,16H,3-4,6,10-13H2,(H,20,22). The van der Waals surface area contributed by atoms with Crippen LogP contribution in [0.15, 0.2) is 43.0 Å². The van der Waals surface area contributed by atoms with E-state index >= 15 is 0 Å². The summed E-state index contributed by atoms with van der Waals surface area (Å²) in [5.41, 5.74) is 2.03. The Hall–Kier alpha value is -2.18. The molecule has 1 aromatic carbocycles. The number of amides is 1. The number of rotatable bonds is 7. The number of para-hydroxylation sites is 1. The second-order valence-electron chi connectivity index (χ2n) is 5.88. The number of hydrogen-bond donors (Lipinski definition) is 1. The lowest BCUT2D eigenvalue weighted by Crippen LogP contribution is -2.30. The van der Waals surface area contributed by atoms with Crippen molar-refractivity contribution in [1.29, 1.82) is 0 Å². The van der Waals surface area contributed by atoms with Crippen LogP contribution in [0.2, 0.25) is 0 Å². The summed E-state index contributed by atoms with van der Waals surface area (Å²) < 4.78 is 13.0. The van der Waals surface area contributed by atoms with E-state index in [2.05, 4.69) is 10.3 Å². The summed E-state index contributed by atoms with van der Waals surface area (Å²) >= 11 is 0. The Bertz CT molecular complexity index is 637. The van der Waals surface area contributed by atoms with E-state index in [0.29, 0.717) is 13.2 Å². The van der Waals surface area contributed by atoms with Gasteiger partial charge in [-0.25, -0.2) is 4.98 Å². The highest BCUT2D eigenvalue weighted by Crippen LogP contribution is 2.14. The lowest BCUT2D eigenvalue weighted by Gasteiger charge is -2.22. The minimum atomic E-state index is -0.119. The van der Waals surface area contributed by atoms with Crippen LogP contribution in [0, 0.1) is 0 Å². The van der Waals surface area contributed by atoms with Crippen LogP contribution < -0.4 is 5.32 Å². The molecule has 1 saturated heterocycles. The Morgan fingerprint density at radius 1 is 1.38 bits per heavy atom. The Labute approximate surface area is 141 Å². The fraction of sp³-hybridized carbons (Fsp3) is 0.444.